The fraction of sp³-hybridized carbons (Fsp3) is 0.286. The first kappa shape index (κ1) is 19.5. The fourth-order valence-electron chi connectivity index (χ4n) is 3.15. The minimum Gasteiger partial charge on any atom is -0.352 e. The van der Waals surface area contributed by atoms with Crippen molar-refractivity contribution in [3.63, 3.8) is 0 Å². The highest BCUT2D eigenvalue weighted by Gasteiger charge is 2.36. The van der Waals surface area contributed by atoms with Crippen LogP contribution in [0.25, 0.3) is 0 Å². The van der Waals surface area contributed by atoms with Crippen molar-refractivity contribution >= 4 is 29.1 Å². The van der Waals surface area contributed by atoms with Gasteiger partial charge in [-0.25, -0.2) is 4.39 Å². The molecule has 7 heteroatoms. The zero-order valence-corrected chi connectivity index (χ0v) is 15.6. The van der Waals surface area contributed by atoms with Crippen molar-refractivity contribution in [2.45, 2.75) is 19.8 Å². The highest BCUT2D eigenvalue weighted by molar-refractivity contribution is 6.07. The number of rotatable bonds is 6. The molecule has 1 aliphatic rings. The van der Waals surface area contributed by atoms with Crippen molar-refractivity contribution in [3.05, 3.63) is 59.9 Å². The molecule has 1 saturated heterocycles. The van der Waals surface area contributed by atoms with Crippen molar-refractivity contribution < 1.29 is 18.8 Å². The number of carbonyl (C=O) groups is 3. The molecular formula is C21H22FN3O3. The predicted octanol–water partition coefficient (Wildman–Crippen LogP) is 2.96. The lowest BCUT2D eigenvalue weighted by Crippen LogP contribution is -2.30. The second kappa shape index (κ2) is 8.65. The summed E-state index contributed by atoms with van der Waals surface area (Å²) in [7, 11) is 0. The second-order valence-corrected chi connectivity index (χ2v) is 6.65. The molecule has 0 unspecified atom stereocenters. The van der Waals surface area contributed by atoms with Gasteiger partial charge in [-0.15, -0.1) is 0 Å². The first-order valence-electron chi connectivity index (χ1n) is 9.24. The number of nitrogens with zero attached hydrogens (tertiary/aromatic N) is 1. The maximum atomic E-state index is 14.0. The lowest BCUT2D eigenvalue weighted by atomic mass is 10.1. The Morgan fingerprint density at radius 1 is 1.14 bits per heavy atom. The first-order valence-corrected chi connectivity index (χ1v) is 9.24. The van der Waals surface area contributed by atoms with E-state index in [1.807, 2.05) is 6.92 Å². The van der Waals surface area contributed by atoms with E-state index in [0.717, 1.165) is 6.42 Å². The van der Waals surface area contributed by atoms with Crippen LogP contribution in [0, 0.1) is 11.7 Å². The number of anilines is 2. The Balaban J connectivity index is 1.72. The quantitative estimate of drug-likeness (QED) is 0.805. The van der Waals surface area contributed by atoms with Gasteiger partial charge in [0.1, 0.15) is 5.82 Å². The van der Waals surface area contributed by atoms with E-state index in [1.54, 1.807) is 36.4 Å². The molecule has 2 N–H and O–H groups in total. The second-order valence-electron chi connectivity index (χ2n) is 6.65. The molecule has 2 aromatic rings. The Morgan fingerprint density at radius 3 is 2.61 bits per heavy atom. The summed E-state index contributed by atoms with van der Waals surface area (Å²) >= 11 is 0. The molecular weight excluding hydrogens is 361 g/mol. The molecule has 1 aliphatic heterocycles. The Hall–Kier alpha value is -3.22. The fourth-order valence-corrected chi connectivity index (χ4v) is 3.15. The summed E-state index contributed by atoms with van der Waals surface area (Å²) in [6, 6.07) is 12.7. The van der Waals surface area contributed by atoms with E-state index < -0.39 is 11.7 Å². The third-order valence-electron chi connectivity index (χ3n) is 4.60. The van der Waals surface area contributed by atoms with Crippen LogP contribution in [0.1, 0.15) is 30.1 Å². The molecule has 0 radical (unpaired) electrons. The molecule has 1 fully saturated rings. The minimum absolute atomic E-state index is 0.00956. The molecule has 3 amide bonds. The van der Waals surface area contributed by atoms with Crippen molar-refractivity contribution in [1.82, 2.24) is 5.32 Å². The summed E-state index contributed by atoms with van der Waals surface area (Å²) in [5, 5.41) is 5.52. The van der Waals surface area contributed by atoms with Crippen LogP contribution in [0.4, 0.5) is 15.8 Å². The van der Waals surface area contributed by atoms with Gasteiger partial charge in [0.15, 0.2) is 0 Å². The summed E-state index contributed by atoms with van der Waals surface area (Å²) < 4.78 is 14.0. The maximum absolute atomic E-state index is 14.0. The van der Waals surface area contributed by atoms with Gasteiger partial charge in [0.05, 0.1) is 22.9 Å². The highest BCUT2D eigenvalue weighted by atomic mass is 19.1. The number of nitrogens with one attached hydrogen (secondary N) is 2. The number of hydrogen-bond acceptors (Lipinski definition) is 3. The molecule has 0 aromatic heterocycles. The monoisotopic (exact) mass is 383 g/mol. The van der Waals surface area contributed by atoms with Crippen LogP contribution in [-0.4, -0.2) is 30.8 Å². The van der Waals surface area contributed by atoms with E-state index in [4.69, 9.17) is 0 Å². The molecule has 28 heavy (non-hydrogen) atoms. The van der Waals surface area contributed by atoms with E-state index in [2.05, 4.69) is 10.6 Å². The third-order valence-corrected chi connectivity index (χ3v) is 4.60. The van der Waals surface area contributed by atoms with Crippen molar-refractivity contribution in [1.29, 1.82) is 0 Å². The van der Waals surface area contributed by atoms with Crippen molar-refractivity contribution in [2.24, 2.45) is 5.92 Å². The number of amides is 3. The lowest BCUT2D eigenvalue weighted by Gasteiger charge is -2.17. The standard InChI is InChI=1S/C21H22FN3O3/c1-2-11-23-21(28)15-7-3-5-9-17(15)24-20(27)14-12-19(26)25(13-14)18-10-6-4-8-16(18)22/h3-10,14H,2,11-13H2,1H3,(H,23,28)(H,24,27)/t14-/m0/s1. The van der Waals surface area contributed by atoms with Crippen LogP contribution in [0.15, 0.2) is 48.5 Å². The summed E-state index contributed by atoms with van der Waals surface area (Å²) in [4.78, 5) is 38.6. The molecule has 146 valence electrons. The predicted molar refractivity (Wildman–Crippen MR) is 105 cm³/mol. The van der Waals surface area contributed by atoms with Crippen LogP contribution in [0.5, 0.6) is 0 Å². The first-order chi connectivity index (χ1) is 13.5. The maximum Gasteiger partial charge on any atom is 0.253 e. The molecule has 6 nitrogen and oxygen atoms in total. The Labute approximate surface area is 162 Å². The largest absolute Gasteiger partial charge is 0.352 e. The number of benzene rings is 2. The smallest absolute Gasteiger partial charge is 0.253 e. The van der Waals surface area contributed by atoms with Gasteiger partial charge in [0.25, 0.3) is 5.91 Å². The van der Waals surface area contributed by atoms with Gasteiger partial charge >= 0.3 is 0 Å². The topological polar surface area (TPSA) is 78.5 Å². The zero-order valence-electron chi connectivity index (χ0n) is 15.6. The van der Waals surface area contributed by atoms with Gasteiger partial charge in [-0.2, -0.15) is 0 Å². The third kappa shape index (κ3) is 4.19. The van der Waals surface area contributed by atoms with Crippen LogP contribution in [-0.2, 0) is 9.59 Å². The Morgan fingerprint density at radius 2 is 1.86 bits per heavy atom. The lowest BCUT2D eigenvalue weighted by molar-refractivity contribution is -0.122. The average molecular weight is 383 g/mol. The molecule has 2 aromatic carbocycles. The number of carbonyl (C=O) groups excluding carboxylic acids is 3. The number of halogens is 1. The van der Waals surface area contributed by atoms with E-state index in [1.165, 1.54) is 17.0 Å². The summed E-state index contributed by atoms with van der Waals surface area (Å²) in [6.07, 6.45) is 0.792. The SMILES string of the molecule is CCCNC(=O)c1ccccc1NC(=O)[C@H]1CC(=O)N(c2ccccc2F)C1. The molecule has 0 bridgehead atoms. The molecule has 0 spiro atoms. The van der Waals surface area contributed by atoms with Crippen LogP contribution in [0.2, 0.25) is 0 Å². The van der Waals surface area contributed by atoms with Gasteiger partial charge in [0, 0.05) is 19.5 Å². The number of hydrogen-bond donors (Lipinski definition) is 2. The van der Waals surface area contributed by atoms with Gasteiger partial charge in [0.2, 0.25) is 11.8 Å². The highest BCUT2D eigenvalue weighted by Crippen LogP contribution is 2.28. The van der Waals surface area contributed by atoms with Gasteiger partial charge in [-0.1, -0.05) is 31.2 Å². The molecule has 3 rings (SSSR count). The van der Waals surface area contributed by atoms with Crippen LogP contribution >= 0.6 is 0 Å². The Bertz CT molecular complexity index is 900. The molecule has 0 aliphatic carbocycles. The average Bonchev–Trinajstić information content (AvgIpc) is 3.08. The molecule has 1 atom stereocenters. The van der Waals surface area contributed by atoms with Crippen molar-refractivity contribution in [2.75, 3.05) is 23.3 Å². The summed E-state index contributed by atoms with van der Waals surface area (Å²) in [5.74, 6) is -2.08. The van der Waals surface area contributed by atoms with Gasteiger partial charge < -0.3 is 15.5 Å². The van der Waals surface area contributed by atoms with Crippen LogP contribution in [0.3, 0.4) is 0 Å². The van der Waals surface area contributed by atoms with E-state index in [-0.39, 0.29) is 36.4 Å². The summed E-state index contributed by atoms with van der Waals surface area (Å²) in [5.41, 5.74) is 0.916. The minimum atomic E-state index is -0.626. The molecule has 0 saturated carbocycles. The summed E-state index contributed by atoms with van der Waals surface area (Å²) in [6.45, 7) is 2.58. The van der Waals surface area contributed by atoms with E-state index in [0.29, 0.717) is 17.8 Å². The normalized spacial score (nSPS) is 16.1. The number of para-hydroxylation sites is 2. The Kier molecular flexibility index (Phi) is 6.03. The van der Waals surface area contributed by atoms with E-state index in [9.17, 15) is 18.8 Å². The van der Waals surface area contributed by atoms with E-state index >= 15 is 0 Å². The van der Waals surface area contributed by atoms with Crippen LogP contribution < -0.4 is 15.5 Å². The van der Waals surface area contributed by atoms with Crippen molar-refractivity contribution in [3.8, 4) is 0 Å². The molecule has 1 heterocycles. The van der Waals surface area contributed by atoms with Gasteiger partial charge in [-0.3, -0.25) is 14.4 Å². The van der Waals surface area contributed by atoms with Gasteiger partial charge in [-0.05, 0) is 30.7 Å². The zero-order chi connectivity index (χ0) is 20.1.